The van der Waals surface area contributed by atoms with Crippen molar-refractivity contribution < 1.29 is 5.11 Å². The third-order valence-corrected chi connectivity index (χ3v) is 2.98. The molecule has 0 aliphatic heterocycles. The average Bonchev–Trinajstić information content (AvgIpc) is 2.27. The van der Waals surface area contributed by atoms with E-state index in [2.05, 4.69) is 19.2 Å². The van der Waals surface area contributed by atoms with Crippen LogP contribution in [-0.4, -0.2) is 31.3 Å². The maximum Gasteiger partial charge on any atom is 0.0606 e. The highest BCUT2D eigenvalue weighted by atomic mass is 35.5. The second kappa shape index (κ2) is 6.84. The molecule has 0 aliphatic carbocycles. The van der Waals surface area contributed by atoms with Crippen LogP contribution < -0.4 is 10.2 Å². The van der Waals surface area contributed by atoms with E-state index in [0.717, 1.165) is 22.8 Å². The summed E-state index contributed by atoms with van der Waals surface area (Å²) in [6, 6.07) is 6.28. The van der Waals surface area contributed by atoms with E-state index in [4.69, 9.17) is 16.7 Å². The Labute approximate surface area is 108 Å². The van der Waals surface area contributed by atoms with E-state index in [0.29, 0.717) is 12.6 Å². The van der Waals surface area contributed by atoms with Crippen LogP contribution in [0, 0.1) is 0 Å². The SMILES string of the molecule is CC(C)NCc1c(Cl)cccc1N(C)CCO. The smallest absolute Gasteiger partial charge is 0.0606 e. The molecule has 0 saturated heterocycles. The third kappa shape index (κ3) is 4.19. The monoisotopic (exact) mass is 256 g/mol. The summed E-state index contributed by atoms with van der Waals surface area (Å²) >= 11 is 6.23. The minimum absolute atomic E-state index is 0.139. The van der Waals surface area contributed by atoms with Crippen molar-refractivity contribution in [3.05, 3.63) is 28.8 Å². The highest BCUT2D eigenvalue weighted by molar-refractivity contribution is 6.31. The van der Waals surface area contributed by atoms with Crippen LogP contribution in [0.4, 0.5) is 5.69 Å². The summed E-state index contributed by atoms with van der Waals surface area (Å²) in [5, 5.41) is 13.1. The molecular formula is C13H21ClN2O. The van der Waals surface area contributed by atoms with Gasteiger partial charge >= 0.3 is 0 Å². The minimum Gasteiger partial charge on any atom is -0.395 e. The van der Waals surface area contributed by atoms with Crippen LogP contribution in [0.25, 0.3) is 0 Å². The molecule has 17 heavy (non-hydrogen) atoms. The van der Waals surface area contributed by atoms with Gasteiger partial charge in [0.25, 0.3) is 0 Å². The van der Waals surface area contributed by atoms with Crippen LogP contribution in [0.2, 0.25) is 5.02 Å². The van der Waals surface area contributed by atoms with Crippen LogP contribution >= 0.6 is 11.6 Å². The van der Waals surface area contributed by atoms with Crippen molar-refractivity contribution in [2.75, 3.05) is 25.1 Å². The molecule has 0 aromatic heterocycles. The van der Waals surface area contributed by atoms with Gasteiger partial charge in [0.2, 0.25) is 0 Å². The second-order valence-corrected chi connectivity index (χ2v) is 4.83. The molecule has 1 aromatic rings. The number of likely N-dealkylation sites (N-methyl/N-ethyl adjacent to an activating group) is 1. The van der Waals surface area contributed by atoms with Crippen molar-refractivity contribution in [2.24, 2.45) is 0 Å². The van der Waals surface area contributed by atoms with Crippen molar-refractivity contribution in [1.29, 1.82) is 0 Å². The van der Waals surface area contributed by atoms with E-state index < -0.39 is 0 Å². The Bertz CT molecular complexity index is 355. The first-order valence-electron chi connectivity index (χ1n) is 5.89. The van der Waals surface area contributed by atoms with Gasteiger partial charge in [-0.1, -0.05) is 31.5 Å². The van der Waals surface area contributed by atoms with Crippen molar-refractivity contribution in [3.8, 4) is 0 Å². The van der Waals surface area contributed by atoms with Crippen molar-refractivity contribution in [3.63, 3.8) is 0 Å². The standard InChI is InChI=1S/C13H21ClN2O/c1-10(2)15-9-11-12(14)5-4-6-13(11)16(3)7-8-17/h4-6,10,15,17H,7-9H2,1-3H3. The lowest BCUT2D eigenvalue weighted by atomic mass is 10.1. The van der Waals surface area contributed by atoms with E-state index in [1.165, 1.54) is 0 Å². The zero-order valence-electron chi connectivity index (χ0n) is 10.7. The summed E-state index contributed by atoms with van der Waals surface area (Å²) in [4.78, 5) is 2.02. The molecule has 0 radical (unpaired) electrons. The fraction of sp³-hybridized carbons (Fsp3) is 0.538. The normalized spacial score (nSPS) is 10.9. The molecule has 3 nitrogen and oxygen atoms in total. The van der Waals surface area contributed by atoms with Gasteiger partial charge < -0.3 is 15.3 Å². The molecule has 0 heterocycles. The molecule has 0 spiro atoms. The Kier molecular flexibility index (Phi) is 5.75. The van der Waals surface area contributed by atoms with E-state index in [9.17, 15) is 0 Å². The maximum absolute atomic E-state index is 8.99. The van der Waals surface area contributed by atoms with Crippen molar-refractivity contribution in [1.82, 2.24) is 5.32 Å². The van der Waals surface area contributed by atoms with E-state index in [1.54, 1.807) is 0 Å². The molecule has 0 amide bonds. The predicted octanol–water partition coefficient (Wildman–Crippen LogP) is 2.27. The lowest BCUT2D eigenvalue weighted by molar-refractivity contribution is 0.304. The number of hydrogen-bond acceptors (Lipinski definition) is 3. The van der Waals surface area contributed by atoms with E-state index in [1.807, 2.05) is 30.1 Å². The Morgan fingerprint density at radius 2 is 2.12 bits per heavy atom. The number of halogens is 1. The Morgan fingerprint density at radius 1 is 1.41 bits per heavy atom. The average molecular weight is 257 g/mol. The highest BCUT2D eigenvalue weighted by Gasteiger charge is 2.10. The summed E-state index contributed by atoms with van der Waals surface area (Å²) in [6.07, 6.45) is 0. The molecule has 1 rings (SSSR count). The quantitative estimate of drug-likeness (QED) is 0.820. The third-order valence-electron chi connectivity index (χ3n) is 2.63. The first kappa shape index (κ1) is 14.3. The van der Waals surface area contributed by atoms with Crippen LogP contribution in [0.15, 0.2) is 18.2 Å². The first-order chi connectivity index (χ1) is 8.06. The first-order valence-corrected chi connectivity index (χ1v) is 6.26. The van der Waals surface area contributed by atoms with Crippen LogP contribution in [0.3, 0.4) is 0 Å². The van der Waals surface area contributed by atoms with Gasteiger partial charge in [0.1, 0.15) is 0 Å². The zero-order valence-corrected chi connectivity index (χ0v) is 11.5. The Hall–Kier alpha value is -0.770. The van der Waals surface area contributed by atoms with Gasteiger partial charge in [0.05, 0.1) is 6.61 Å². The number of hydrogen-bond donors (Lipinski definition) is 2. The summed E-state index contributed by atoms with van der Waals surface area (Å²) in [5.74, 6) is 0. The van der Waals surface area contributed by atoms with Gasteiger partial charge in [-0.2, -0.15) is 0 Å². The summed E-state index contributed by atoms with van der Waals surface area (Å²) < 4.78 is 0. The second-order valence-electron chi connectivity index (χ2n) is 4.42. The van der Waals surface area contributed by atoms with Crippen LogP contribution in [0.1, 0.15) is 19.4 Å². The van der Waals surface area contributed by atoms with Gasteiger partial charge in [-0.25, -0.2) is 0 Å². The van der Waals surface area contributed by atoms with Crippen molar-refractivity contribution in [2.45, 2.75) is 26.4 Å². The molecule has 96 valence electrons. The van der Waals surface area contributed by atoms with Gasteiger partial charge in [-0.15, -0.1) is 0 Å². The van der Waals surface area contributed by atoms with Crippen LogP contribution in [-0.2, 0) is 6.54 Å². The number of aliphatic hydroxyl groups is 1. The predicted molar refractivity (Wildman–Crippen MR) is 73.8 cm³/mol. The minimum atomic E-state index is 0.139. The van der Waals surface area contributed by atoms with E-state index >= 15 is 0 Å². The number of anilines is 1. The molecule has 0 fully saturated rings. The summed E-state index contributed by atoms with van der Waals surface area (Å²) in [7, 11) is 1.96. The number of nitrogens with zero attached hydrogens (tertiary/aromatic N) is 1. The summed E-state index contributed by atoms with van der Waals surface area (Å²) in [5.41, 5.74) is 2.15. The maximum atomic E-state index is 8.99. The van der Waals surface area contributed by atoms with Gasteiger partial charge in [0, 0.05) is 42.5 Å². The van der Waals surface area contributed by atoms with Crippen molar-refractivity contribution >= 4 is 17.3 Å². The molecule has 0 atom stereocenters. The molecule has 0 bridgehead atoms. The molecule has 4 heteroatoms. The van der Waals surface area contributed by atoms with Crippen LogP contribution in [0.5, 0.6) is 0 Å². The molecule has 1 aromatic carbocycles. The Balaban J connectivity index is 2.91. The topological polar surface area (TPSA) is 35.5 Å². The molecule has 0 saturated carbocycles. The summed E-state index contributed by atoms with van der Waals surface area (Å²) in [6.45, 7) is 5.69. The number of aliphatic hydroxyl groups excluding tert-OH is 1. The number of rotatable bonds is 6. The molecule has 0 unspecified atom stereocenters. The zero-order chi connectivity index (χ0) is 12.8. The number of nitrogens with one attached hydrogen (secondary N) is 1. The molecule has 0 aliphatic rings. The molecular weight excluding hydrogens is 236 g/mol. The fourth-order valence-electron chi connectivity index (χ4n) is 1.66. The highest BCUT2D eigenvalue weighted by Crippen LogP contribution is 2.26. The van der Waals surface area contributed by atoms with Gasteiger partial charge in [0.15, 0.2) is 0 Å². The Morgan fingerprint density at radius 3 is 2.71 bits per heavy atom. The largest absolute Gasteiger partial charge is 0.395 e. The van der Waals surface area contributed by atoms with Gasteiger partial charge in [-0.3, -0.25) is 0 Å². The lowest BCUT2D eigenvalue weighted by Gasteiger charge is -2.23. The lowest BCUT2D eigenvalue weighted by Crippen LogP contribution is -2.26. The fourth-order valence-corrected chi connectivity index (χ4v) is 1.89. The van der Waals surface area contributed by atoms with E-state index in [-0.39, 0.29) is 6.61 Å². The van der Waals surface area contributed by atoms with Gasteiger partial charge in [-0.05, 0) is 12.1 Å². The molecule has 2 N–H and O–H groups in total. The number of benzene rings is 1.